The zero-order chi connectivity index (χ0) is 13.9. The molecule has 0 saturated carbocycles. The number of nitrogens with zero attached hydrogens (tertiary/aromatic N) is 3. The average molecular weight is 275 g/mol. The van der Waals surface area contributed by atoms with Crippen LogP contribution in [0.2, 0.25) is 0 Å². The van der Waals surface area contributed by atoms with Gasteiger partial charge in [0.05, 0.1) is 0 Å². The van der Waals surface area contributed by atoms with Crippen LogP contribution in [0.3, 0.4) is 0 Å². The fourth-order valence-electron chi connectivity index (χ4n) is 2.03. The first kappa shape index (κ1) is 13.9. The van der Waals surface area contributed by atoms with E-state index in [1.54, 1.807) is 0 Å². The number of nitrogen functional groups attached to an aromatic ring is 1. The zero-order valence-corrected chi connectivity index (χ0v) is 10.4. The number of likely N-dealkylation sites (tertiary alicyclic amines) is 1. The summed E-state index contributed by atoms with van der Waals surface area (Å²) in [5.41, 5.74) is 5.35. The van der Waals surface area contributed by atoms with Crippen molar-refractivity contribution in [1.29, 1.82) is 0 Å². The van der Waals surface area contributed by atoms with Crippen molar-refractivity contribution in [3.05, 3.63) is 11.9 Å². The molecule has 0 spiro atoms. The molecule has 0 aromatic carbocycles. The van der Waals surface area contributed by atoms with Gasteiger partial charge < -0.3 is 16.0 Å². The first-order valence-corrected chi connectivity index (χ1v) is 6.13. The molecular formula is C11H16F3N5. The average Bonchev–Trinajstić information content (AvgIpc) is 2.80. The highest BCUT2D eigenvalue weighted by atomic mass is 19.4. The minimum Gasteiger partial charge on any atom is -0.384 e. The van der Waals surface area contributed by atoms with E-state index in [1.807, 2.05) is 0 Å². The van der Waals surface area contributed by atoms with Gasteiger partial charge in [0.25, 0.3) is 0 Å². The smallest absolute Gasteiger partial charge is 0.384 e. The molecule has 1 aliphatic heterocycles. The molecule has 2 rings (SSSR count). The van der Waals surface area contributed by atoms with Crippen molar-refractivity contribution in [2.24, 2.45) is 0 Å². The molecule has 3 N–H and O–H groups in total. The van der Waals surface area contributed by atoms with Gasteiger partial charge >= 0.3 is 6.18 Å². The van der Waals surface area contributed by atoms with E-state index in [4.69, 9.17) is 5.73 Å². The highest BCUT2D eigenvalue weighted by Crippen LogP contribution is 2.27. The minimum atomic E-state index is -4.58. The fraction of sp³-hybridized carbons (Fsp3) is 0.636. The molecule has 0 unspecified atom stereocenters. The predicted octanol–water partition coefficient (Wildman–Crippen LogP) is 1.59. The molecule has 2 heterocycles. The molecular weight excluding hydrogens is 259 g/mol. The highest BCUT2D eigenvalue weighted by Gasteiger charge is 2.35. The van der Waals surface area contributed by atoms with Crippen LogP contribution in [0, 0.1) is 0 Å². The second kappa shape index (κ2) is 5.60. The van der Waals surface area contributed by atoms with Gasteiger partial charge in [-0.1, -0.05) is 0 Å². The van der Waals surface area contributed by atoms with E-state index in [9.17, 15) is 13.2 Å². The van der Waals surface area contributed by atoms with Gasteiger partial charge in [0.2, 0.25) is 5.82 Å². The molecule has 106 valence electrons. The molecule has 19 heavy (non-hydrogen) atoms. The topological polar surface area (TPSA) is 67.1 Å². The van der Waals surface area contributed by atoms with Gasteiger partial charge in [-0.2, -0.15) is 13.2 Å². The van der Waals surface area contributed by atoms with Gasteiger partial charge in [0.15, 0.2) is 0 Å². The maximum atomic E-state index is 12.5. The summed E-state index contributed by atoms with van der Waals surface area (Å²) in [6, 6.07) is 1.30. The summed E-state index contributed by atoms with van der Waals surface area (Å²) in [7, 11) is 0. The normalized spacial score (nSPS) is 16.8. The predicted molar refractivity (Wildman–Crippen MR) is 65.6 cm³/mol. The maximum Gasteiger partial charge on any atom is 0.451 e. The van der Waals surface area contributed by atoms with E-state index < -0.39 is 12.0 Å². The summed E-state index contributed by atoms with van der Waals surface area (Å²) in [6.45, 7) is 3.40. The third kappa shape index (κ3) is 3.95. The van der Waals surface area contributed by atoms with Crippen molar-refractivity contribution in [2.75, 3.05) is 37.2 Å². The van der Waals surface area contributed by atoms with Crippen LogP contribution in [0.15, 0.2) is 6.07 Å². The third-order valence-electron chi connectivity index (χ3n) is 2.93. The Morgan fingerprint density at radius 1 is 1.26 bits per heavy atom. The van der Waals surface area contributed by atoms with Crippen LogP contribution in [0.25, 0.3) is 0 Å². The Kier molecular flexibility index (Phi) is 4.08. The summed E-state index contributed by atoms with van der Waals surface area (Å²) >= 11 is 0. The molecule has 8 heteroatoms. The van der Waals surface area contributed by atoms with Crippen LogP contribution in [0.5, 0.6) is 0 Å². The fourth-order valence-corrected chi connectivity index (χ4v) is 2.03. The van der Waals surface area contributed by atoms with Crippen molar-refractivity contribution in [3.63, 3.8) is 0 Å². The Morgan fingerprint density at radius 3 is 2.58 bits per heavy atom. The van der Waals surface area contributed by atoms with Gasteiger partial charge in [-0.05, 0) is 25.9 Å². The number of aromatic nitrogens is 2. The number of nitrogens with one attached hydrogen (secondary N) is 1. The SMILES string of the molecule is Nc1cc(NCCN2CCCC2)nc(C(F)(F)F)n1. The first-order chi connectivity index (χ1) is 8.95. The van der Waals surface area contributed by atoms with Gasteiger partial charge in [0.1, 0.15) is 11.6 Å². The molecule has 1 aromatic heterocycles. The van der Waals surface area contributed by atoms with E-state index in [-0.39, 0.29) is 11.6 Å². The Labute approximate surface area is 109 Å². The second-order valence-corrected chi connectivity index (χ2v) is 4.47. The molecule has 1 aromatic rings. The lowest BCUT2D eigenvalue weighted by molar-refractivity contribution is -0.144. The van der Waals surface area contributed by atoms with Crippen LogP contribution < -0.4 is 11.1 Å². The number of hydrogen-bond donors (Lipinski definition) is 2. The molecule has 1 saturated heterocycles. The quantitative estimate of drug-likeness (QED) is 0.873. The number of anilines is 2. The van der Waals surface area contributed by atoms with Crippen molar-refractivity contribution in [2.45, 2.75) is 19.0 Å². The monoisotopic (exact) mass is 275 g/mol. The van der Waals surface area contributed by atoms with Crippen LogP contribution in [-0.2, 0) is 6.18 Å². The zero-order valence-electron chi connectivity index (χ0n) is 10.4. The van der Waals surface area contributed by atoms with Gasteiger partial charge in [-0.15, -0.1) is 0 Å². The van der Waals surface area contributed by atoms with E-state index in [0.29, 0.717) is 6.54 Å². The number of halogens is 3. The molecule has 1 fully saturated rings. The van der Waals surface area contributed by atoms with Crippen LogP contribution >= 0.6 is 0 Å². The Morgan fingerprint density at radius 2 is 1.95 bits per heavy atom. The minimum absolute atomic E-state index is 0.110. The van der Waals surface area contributed by atoms with Crippen molar-refractivity contribution in [3.8, 4) is 0 Å². The van der Waals surface area contributed by atoms with Gasteiger partial charge in [-0.3, -0.25) is 0 Å². The number of rotatable bonds is 4. The summed E-state index contributed by atoms with van der Waals surface area (Å²) in [4.78, 5) is 8.86. The summed E-state index contributed by atoms with van der Waals surface area (Å²) < 4.78 is 37.5. The van der Waals surface area contributed by atoms with Gasteiger partial charge in [-0.25, -0.2) is 9.97 Å². The molecule has 0 amide bonds. The Bertz CT molecular complexity index is 429. The third-order valence-corrected chi connectivity index (χ3v) is 2.93. The number of nitrogens with two attached hydrogens (primary N) is 1. The summed E-state index contributed by atoms with van der Waals surface area (Å²) in [5, 5.41) is 2.85. The number of alkyl halides is 3. The second-order valence-electron chi connectivity index (χ2n) is 4.47. The lowest BCUT2D eigenvalue weighted by atomic mass is 10.4. The molecule has 5 nitrogen and oxygen atoms in total. The van der Waals surface area contributed by atoms with Crippen LogP contribution in [-0.4, -0.2) is 41.0 Å². The van der Waals surface area contributed by atoms with Crippen molar-refractivity contribution in [1.82, 2.24) is 14.9 Å². The number of hydrogen-bond acceptors (Lipinski definition) is 5. The van der Waals surface area contributed by atoms with E-state index in [0.717, 1.165) is 19.6 Å². The van der Waals surface area contributed by atoms with E-state index >= 15 is 0 Å². The molecule has 0 bridgehead atoms. The lowest BCUT2D eigenvalue weighted by Crippen LogP contribution is -2.26. The molecule has 1 aliphatic rings. The maximum absolute atomic E-state index is 12.5. The lowest BCUT2D eigenvalue weighted by Gasteiger charge is -2.15. The highest BCUT2D eigenvalue weighted by molar-refractivity contribution is 5.44. The molecule has 0 aliphatic carbocycles. The van der Waals surface area contributed by atoms with Crippen molar-refractivity contribution >= 4 is 11.6 Å². The Balaban J connectivity index is 1.94. The Hall–Kier alpha value is -1.57. The largest absolute Gasteiger partial charge is 0.451 e. The summed E-state index contributed by atoms with van der Waals surface area (Å²) in [5.74, 6) is -1.29. The van der Waals surface area contributed by atoms with Crippen LogP contribution in [0.4, 0.5) is 24.8 Å². The van der Waals surface area contributed by atoms with Crippen molar-refractivity contribution < 1.29 is 13.2 Å². The first-order valence-electron chi connectivity index (χ1n) is 6.13. The van der Waals surface area contributed by atoms with E-state index in [1.165, 1.54) is 18.9 Å². The molecule has 0 atom stereocenters. The van der Waals surface area contributed by atoms with Gasteiger partial charge in [0, 0.05) is 19.2 Å². The van der Waals surface area contributed by atoms with E-state index in [2.05, 4.69) is 20.2 Å². The summed E-state index contributed by atoms with van der Waals surface area (Å²) in [6.07, 6.45) is -2.22. The standard InChI is InChI=1S/C11H16F3N5/c12-11(13,14)10-17-8(15)7-9(18-10)16-3-6-19-4-1-2-5-19/h7H,1-6H2,(H3,15,16,17,18). The van der Waals surface area contributed by atoms with Crippen LogP contribution in [0.1, 0.15) is 18.7 Å². The molecule has 0 radical (unpaired) electrons.